The maximum Gasteiger partial charge on any atom is 0.254 e. The quantitative estimate of drug-likeness (QED) is 0.912. The van der Waals surface area contributed by atoms with Crippen LogP contribution in [0.2, 0.25) is 10.0 Å². The van der Waals surface area contributed by atoms with Crippen molar-refractivity contribution in [1.29, 1.82) is 0 Å². The largest absolute Gasteiger partial charge is 0.310 e. The molecule has 1 saturated carbocycles. The number of aromatic amines is 1. The van der Waals surface area contributed by atoms with Gasteiger partial charge in [0.2, 0.25) is 0 Å². The van der Waals surface area contributed by atoms with E-state index in [4.69, 9.17) is 23.2 Å². The SMILES string of the molecule is Cc1c(-c2cc(Cl)cc(Cl)c2)nc(C2CC2)[nH]c1=O. The number of hydrogen-bond acceptors (Lipinski definition) is 2. The average molecular weight is 295 g/mol. The van der Waals surface area contributed by atoms with Gasteiger partial charge in [0.15, 0.2) is 0 Å². The van der Waals surface area contributed by atoms with Gasteiger partial charge in [0.05, 0.1) is 5.69 Å². The van der Waals surface area contributed by atoms with E-state index >= 15 is 0 Å². The molecule has 98 valence electrons. The molecule has 0 saturated heterocycles. The highest BCUT2D eigenvalue weighted by Gasteiger charge is 2.27. The molecule has 0 bridgehead atoms. The molecule has 19 heavy (non-hydrogen) atoms. The van der Waals surface area contributed by atoms with Crippen LogP contribution >= 0.6 is 23.2 Å². The fraction of sp³-hybridized carbons (Fsp3) is 0.286. The molecule has 0 amide bonds. The second-order valence-corrected chi connectivity index (χ2v) is 5.73. The molecule has 1 N–H and O–H groups in total. The monoisotopic (exact) mass is 294 g/mol. The Morgan fingerprint density at radius 3 is 2.42 bits per heavy atom. The number of H-pyrrole nitrogens is 1. The zero-order chi connectivity index (χ0) is 13.6. The van der Waals surface area contributed by atoms with Gasteiger partial charge in [-0.1, -0.05) is 23.2 Å². The Kier molecular flexibility index (Phi) is 3.11. The minimum absolute atomic E-state index is 0.0944. The molecule has 1 aliphatic rings. The minimum atomic E-state index is -0.0944. The molecule has 1 fully saturated rings. The van der Waals surface area contributed by atoms with Crippen LogP contribution in [0.25, 0.3) is 11.3 Å². The number of aromatic nitrogens is 2. The van der Waals surface area contributed by atoms with Crippen LogP contribution in [0.1, 0.15) is 30.1 Å². The zero-order valence-electron chi connectivity index (χ0n) is 10.3. The number of benzene rings is 1. The summed E-state index contributed by atoms with van der Waals surface area (Å²) in [6.45, 7) is 1.76. The standard InChI is InChI=1S/C14H12Cl2N2O/c1-7-12(9-4-10(15)6-11(16)5-9)17-13(8-2-3-8)18-14(7)19/h4-6,8H,2-3H2,1H3,(H,17,18,19). The predicted molar refractivity (Wildman–Crippen MR) is 77.0 cm³/mol. The predicted octanol–water partition coefficient (Wildman–Crippen LogP) is 3.93. The van der Waals surface area contributed by atoms with Gasteiger partial charge in [-0.2, -0.15) is 0 Å². The molecule has 1 aromatic heterocycles. The summed E-state index contributed by atoms with van der Waals surface area (Å²) in [6, 6.07) is 5.22. The van der Waals surface area contributed by atoms with Crippen molar-refractivity contribution < 1.29 is 0 Å². The molecule has 1 aromatic carbocycles. The lowest BCUT2D eigenvalue weighted by atomic mass is 10.1. The first-order chi connectivity index (χ1) is 9.04. The molecule has 3 nitrogen and oxygen atoms in total. The summed E-state index contributed by atoms with van der Waals surface area (Å²) in [5.41, 5.74) is 1.93. The van der Waals surface area contributed by atoms with Crippen LogP contribution < -0.4 is 5.56 Å². The van der Waals surface area contributed by atoms with E-state index in [1.54, 1.807) is 25.1 Å². The van der Waals surface area contributed by atoms with E-state index in [9.17, 15) is 4.79 Å². The van der Waals surface area contributed by atoms with E-state index in [2.05, 4.69) is 9.97 Å². The van der Waals surface area contributed by atoms with Crippen LogP contribution in [-0.4, -0.2) is 9.97 Å². The van der Waals surface area contributed by atoms with Crippen molar-refractivity contribution in [2.45, 2.75) is 25.7 Å². The van der Waals surface area contributed by atoms with Gasteiger partial charge in [0.25, 0.3) is 5.56 Å². The van der Waals surface area contributed by atoms with Crippen LogP contribution in [0, 0.1) is 6.92 Å². The first kappa shape index (κ1) is 12.7. The van der Waals surface area contributed by atoms with Crippen molar-refractivity contribution >= 4 is 23.2 Å². The summed E-state index contributed by atoms with van der Waals surface area (Å²) in [4.78, 5) is 19.4. The summed E-state index contributed by atoms with van der Waals surface area (Å²) in [6.07, 6.45) is 2.17. The second-order valence-electron chi connectivity index (χ2n) is 4.86. The molecule has 3 rings (SSSR count). The Morgan fingerprint density at radius 2 is 1.84 bits per heavy atom. The number of nitrogens with one attached hydrogen (secondary N) is 1. The topological polar surface area (TPSA) is 45.8 Å². The fourth-order valence-corrected chi connectivity index (χ4v) is 2.60. The van der Waals surface area contributed by atoms with Gasteiger partial charge in [-0.25, -0.2) is 4.98 Å². The molecule has 1 heterocycles. The highest BCUT2D eigenvalue weighted by Crippen LogP contribution is 2.38. The first-order valence-electron chi connectivity index (χ1n) is 6.12. The molecular weight excluding hydrogens is 283 g/mol. The maximum atomic E-state index is 12.0. The van der Waals surface area contributed by atoms with E-state index < -0.39 is 0 Å². The highest BCUT2D eigenvalue weighted by atomic mass is 35.5. The summed E-state index contributed by atoms with van der Waals surface area (Å²) < 4.78 is 0. The fourth-order valence-electron chi connectivity index (χ4n) is 2.07. The third kappa shape index (κ3) is 2.53. The van der Waals surface area contributed by atoms with Crippen molar-refractivity contribution in [2.75, 3.05) is 0 Å². The molecule has 0 atom stereocenters. The summed E-state index contributed by atoms with van der Waals surface area (Å²) in [5, 5.41) is 1.08. The molecule has 0 aliphatic heterocycles. The Balaban J connectivity index is 2.20. The Morgan fingerprint density at radius 1 is 1.21 bits per heavy atom. The van der Waals surface area contributed by atoms with E-state index in [1.807, 2.05) is 0 Å². The van der Waals surface area contributed by atoms with Crippen LogP contribution in [0.15, 0.2) is 23.0 Å². The first-order valence-corrected chi connectivity index (χ1v) is 6.87. The Bertz CT molecular complexity index is 685. The van der Waals surface area contributed by atoms with Crippen molar-refractivity contribution in [2.24, 2.45) is 0 Å². The van der Waals surface area contributed by atoms with E-state index in [0.717, 1.165) is 24.2 Å². The summed E-state index contributed by atoms with van der Waals surface area (Å²) >= 11 is 12.0. The van der Waals surface area contributed by atoms with Gasteiger partial charge in [-0.15, -0.1) is 0 Å². The molecule has 0 unspecified atom stereocenters. The van der Waals surface area contributed by atoms with Crippen LogP contribution in [0.5, 0.6) is 0 Å². The summed E-state index contributed by atoms with van der Waals surface area (Å²) in [5.74, 6) is 1.16. The van der Waals surface area contributed by atoms with Crippen LogP contribution in [0.3, 0.4) is 0 Å². The lowest BCUT2D eigenvalue weighted by molar-refractivity contribution is 0.900. The van der Waals surface area contributed by atoms with E-state index in [1.165, 1.54) is 0 Å². The maximum absolute atomic E-state index is 12.0. The van der Waals surface area contributed by atoms with Crippen LogP contribution in [-0.2, 0) is 0 Å². The zero-order valence-corrected chi connectivity index (χ0v) is 11.8. The van der Waals surface area contributed by atoms with Gasteiger partial charge >= 0.3 is 0 Å². The lowest BCUT2D eigenvalue weighted by Gasteiger charge is -2.08. The molecule has 0 spiro atoms. The van der Waals surface area contributed by atoms with Crippen molar-refractivity contribution in [3.63, 3.8) is 0 Å². The minimum Gasteiger partial charge on any atom is -0.310 e. The normalized spacial score (nSPS) is 14.7. The Hall–Kier alpha value is -1.32. The summed E-state index contributed by atoms with van der Waals surface area (Å²) in [7, 11) is 0. The van der Waals surface area contributed by atoms with Gasteiger partial charge in [0.1, 0.15) is 5.82 Å². The smallest absolute Gasteiger partial charge is 0.254 e. The van der Waals surface area contributed by atoms with Gasteiger partial charge in [-0.3, -0.25) is 4.79 Å². The number of nitrogens with zero attached hydrogens (tertiary/aromatic N) is 1. The molecular formula is C14H12Cl2N2O. The Labute approximate surface area is 120 Å². The molecule has 0 radical (unpaired) electrons. The second kappa shape index (κ2) is 4.66. The molecule has 5 heteroatoms. The number of halogens is 2. The molecule has 2 aromatic rings. The van der Waals surface area contributed by atoms with Gasteiger partial charge < -0.3 is 4.98 Å². The van der Waals surface area contributed by atoms with Gasteiger partial charge in [0, 0.05) is 27.1 Å². The highest BCUT2D eigenvalue weighted by molar-refractivity contribution is 6.35. The third-order valence-corrected chi connectivity index (χ3v) is 3.71. The van der Waals surface area contributed by atoms with Crippen molar-refractivity contribution in [3.05, 3.63) is 50.0 Å². The third-order valence-electron chi connectivity index (χ3n) is 3.27. The molecule has 1 aliphatic carbocycles. The number of hydrogen-bond donors (Lipinski definition) is 1. The lowest BCUT2D eigenvalue weighted by Crippen LogP contribution is -2.15. The van der Waals surface area contributed by atoms with Crippen molar-refractivity contribution in [1.82, 2.24) is 9.97 Å². The van der Waals surface area contributed by atoms with E-state index in [-0.39, 0.29) is 5.56 Å². The van der Waals surface area contributed by atoms with Gasteiger partial charge in [-0.05, 0) is 38.0 Å². The van der Waals surface area contributed by atoms with Crippen molar-refractivity contribution in [3.8, 4) is 11.3 Å². The average Bonchev–Trinajstić information content (AvgIpc) is 3.15. The van der Waals surface area contributed by atoms with E-state index in [0.29, 0.717) is 27.2 Å². The number of rotatable bonds is 2. The van der Waals surface area contributed by atoms with Crippen LogP contribution in [0.4, 0.5) is 0 Å².